The van der Waals surface area contributed by atoms with E-state index >= 15 is 0 Å². The van der Waals surface area contributed by atoms with Crippen LogP contribution in [0.15, 0.2) is 72.9 Å². The topological polar surface area (TPSA) is 43.1 Å². The molecule has 0 saturated carbocycles. The SMILES string of the molecule is CCn1nc(C)c2c1CCN(C(=O)c1cn(CC)c3ccccc13)C2(C)c1ccc2ccccc2c1. The minimum Gasteiger partial charge on any atom is -0.347 e. The molecule has 6 rings (SSSR count). The summed E-state index contributed by atoms with van der Waals surface area (Å²) >= 11 is 0. The molecule has 5 nitrogen and oxygen atoms in total. The van der Waals surface area contributed by atoms with Crippen LogP contribution >= 0.6 is 0 Å². The number of para-hydroxylation sites is 1. The molecule has 0 fully saturated rings. The van der Waals surface area contributed by atoms with Crippen molar-refractivity contribution in [3.05, 3.63) is 101 Å². The van der Waals surface area contributed by atoms with Gasteiger partial charge in [-0.25, -0.2) is 0 Å². The van der Waals surface area contributed by atoms with Gasteiger partial charge < -0.3 is 9.47 Å². The zero-order chi connectivity index (χ0) is 25.0. The molecule has 1 aliphatic heterocycles. The van der Waals surface area contributed by atoms with Crippen molar-refractivity contribution in [3.63, 3.8) is 0 Å². The summed E-state index contributed by atoms with van der Waals surface area (Å²) in [4.78, 5) is 16.6. The Hall–Kier alpha value is -3.86. The lowest BCUT2D eigenvalue weighted by Gasteiger charge is -2.46. The summed E-state index contributed by atoms with van der Waals surface area (Å²) in [5.41, 5.74) is 5.75. The molecule has 1 unspecified atom stereocenters. The number of hydrogen-bond acceptors (Lipinski definition) is 2. The summed E-state index contributed by atoms with van der Waals surface area (Å²) in [5, 5.41) is 8.29. The third-order valence-electron chi connectivity index (χ3n) is 8.05. The van der Waals surface area contributed by atoms with E-state index in [1.54, 1.807) is 0 Å². The Morgan fingerprint density at radius 1 is 0.972 bits per heavy atom. The van der Waals surface area contributed by atoms with Crippen LogP contribution in [-0.4, -0.2) is 31.7 Å². The van der Waals surface area contributed by atoms with Crippen LogP contribution in [0.25, 0.3) is 21.7 Å². The van der Waals surface area contributed by atoms with Gasteiger partial charge in [0.05, 0.1) is 16.8 Å². The summed E-state index contributed by atoms with van der Waals surface area (Å²) in [5.74, 6) is 0.0726. The van der Waals surface area contributed by atoms with E-state index in [1.807, 2.05) is 18.3 Å². The molecule has 182 valence electrons. The zero-order valence-electron chi connectivity index (χ0n) is 21.5. The van der Waals surface area contributed by atoms with Gasteiger partial charge in [-0.05, 0) is 56.2 Å². The van der Waals surface area contributed by atoms with Crippen LogP contribution in [0.5, 0.6) is 0 Å². The van der Waals surface area contributed by atoms with Crippen LogP contribution in [-0.2, 0) is 25.0 Å². The van der Waals surface area contributed by atoms with Crippen molar-refractivity contribution >= 4 is 27.6 Å². The second kappa shape index (κ2) is 8.37. The van der Waals surface area contributed by atoms with E-state index < -0.39 is 5.54 Å². The summed E-state index contributed by atoms with van der Waals surface area (Å²) in [7, 11) is 0. The van der Waals surface area contributed by atoms with Gasteiger partial charge in [-0.2, -0.15) is 5.10 Å². The number of fused-ring (bicyclic) bond motifs is 3. The highest BCUT2D eigenvalue weighted by Crippen LogP contribution is 2.44. The highest BCUT2D eigenvalue weighted by Gasteiger charge is 2.46. The van der Waals surface area contributed by atoms with E-state index in [9.17, 15) is 4.79 Å². The lowest BCUT2D eigenvalue weighted by molar-refractivity contribution is 0.0555. The van der Waals surface area contributed by atoms with Gasteiger partial charge in [0.25, 0.3) is 5.91 Å². The molecule has 0 bridgehead atoms. The average molecular weight is 477 g/mol. The Morgan fingerprint density at radius 3 is 2.50 bits per heavy atom. The number of aromatic nitrogens is 3. The molecule has 0 N–H and O–H groups in total. The number of carbonyl (C=O) groups is 1. The molecular weight excluding hydrogens is 444 g/mol. The minimum absolute atomic E-state index is 0.0726. The number of nitrogens with zero attached hydrogens (tertiary/aromatic N) is 4. The van der Waals surface area contributed by atoms with Gasteiger partial charge in [-0.1, -0.05) is 54.6 Å². The number of amides is 1. The zero-order valence-corrected chi connectivity index (χ0v) is 21.5. The molecule has 1 amide bonds. The van der Waals surface area contributed by atoms with Gasteiger partial charge in [0.1, 0.15) is 0 Å². The molecule has 5 heteroatoms. The molecule has 3 aromatic carbocycles. The van der Waals surface area contributed by atoms with Crippen molar-refractivity contribution < 1.29 is 4.79 Å². The van der Waals surface area contributed by atoms with E-state index in [0.717, 1.165) is 47.2 Å². The molecule has 1 aliphatic rings. The van der Waals surface area contributed by atoms with Crippen molar-refractivity contribution in [1.29, 1.82) is 0 Å². The Morgan fingerprint density at radius 2 is 1.72 bits per heavy atom. The van der Waals surface area contributed by atoms with Gasteiger partial charge in [-0.3, -0.25) is 9.48 Å². The fraction of sp³-hybridized carbons (Fsp3) is 0.290. The summed E-state index contributed by atoms with van der Waals surface area (Å²) in [6, 6.07) is 23.3. The van der Waals surface area contributed by atoms with Crippen LogP contribution in [0.4, 0.5) is 0 Å². The second-order valence-corrected chi connectivity index (χ2v) is 9.91. The quantitative estimate of drug-likeness (QED) is 0.305. The first-order valence-corrected chi connectivity index (χ1v) is 12.9. The van der Waals surface area contributed by atoms with Crippen molar-refractivity contribution in [2.75, 3.05) is 6.54 Å². The molecule has 2 aromatic heterocycles. The van der Waals surface area contributed by atoms with E-state index in [0.29, 0.717) is 6.54 Å². The van der Waals surface area contributed by atoms with E-state index in [1.165, 1.54) is 22.0 Å². The first-order valence-electron chi connectivity index (χ1n) is 12.9. The predicted molar refractivity (Wildman–Crippen MR) is 145 cm³/mol. The van der Waals surface area contributed by atoms with Crippen molar-refractivity contribution in [3.8, 4) is 0 Å². The molecule has 1 atom stereocenters. The number of aryl methyl sites for hydroxylation is 3. The highest BCUT2D eigenvalue weighted by molar-refractivity contribution is 6.07. The van der Waals surface area contributed by atoms with Crippen LogP contribution < -0.4 is 0 Å². The van der Waals surface area contributed by atoms with Gasteiger partial charge in [0.2, 0.25) is 0 Å². The van der Waals surface area contributed by atoms with Crippen molar-refractivity contribution in [1.82, 2.24) is 19.2 Å². The van der Waals surface area contributed by atoms with Gasteiger partial charge >= 0.3 is 0 Å². The number of hydrogen-bond donors (Lipinski definition) is 0. The number of benzene rings is 3. The van der Waals surface area contributed by atoms with Crippen LogP contribution in [0.3, 0.4) is 0 Å². The van der Waals surface area contributed by atoms with Crippen LogP contribution in [0.2, 0.25) is 0 Å². The third-order valence-corrected chi connectivity index (χ3v) is 8.05. The molecule has 5 aromatic rings. The Labute approximate surface area is 212 Å². The maximum atomic E-state index is 14.5. The lowest BCUT2D eigenvalue weighted by Crippen LogP contribution is -2.52. The third kappa shape index (κ3) is 3.15. The maximum absolute atomic E-state index is 14.5. The molecule has 0 aliphatic carbocycles. The maximum Gasteiger partial charge on any atom is 0.257 e. The monoisotopic (exact) mass is 476 g/mol. The molecule has 0 spiro atoms. The van der Waals surface area contributed by atoms with E-state index in [4.69, 9.17) is 5.10 Å². The predicted octanol–water partition coefficient (Wildman–Crippen LogP) is 6.30. The van der Waals surface area contributed by atoms with E-state index in [-0.39, 0.29) is 5.91 Å². The van der Waals surface area contributed by atoms with Crippen molar-refractivity contribution in [2.45, 2.75) is 52.7 Å². The normalized spacial score (nSPS) is 17.6. The lowest BCUT2D eigenvalue weighted by atomic mass is 9.77. The fourth-order valence-electron chi connectivity index (χ4n) is 6.28. The van der Waals surface area contributed by atoms with Crippen LogP contribution in [0, 0.1) is 6.92 Å². The smallest absolute Gasteiger partial charge is 0.257 e. The minimum atomic E-state index is -0.637. The van der Waals surface area contributed by atoms with Gasteiger partial charge in [0.15, 0.2) is 0 Å². The molecule has 0 radical (unpaired) electrons. The highest BCUT2D eigenvalue weighted by atomic mass is 16.2. The first-order chi connectivity index (χ1) is 17.5. The molecular formula is C31H32N4O. The summed E-state index contributed by atoms with van der Waals surface area (Å²) in [6.07, 6.45) is 2.83. The van der Waals surface area contributed by atoms with Gasteiger partial charge in [0, 0.05) is 54.4 Å². The fourth-order valence-corrected chi connectivity index (χ4v) is 6.28. The largest absolute Gasteiger partial charge is 0.347 e. The first kappa shape index (κ1) is 22.6. The molecule has 36 heavy (non-hydrogen) atoms. The van der Waals surface area contributed by atoms with Gasteiger partial charge in [-0.15, -0.1) is 0 Å². The standard InChI is InChI=1S/C31H32N4O/c1-5-33-20-26(25-13-9-10-14-27(25)33)30(36)34-18-17-28-29(21(3)32-35(28)6-2)31(34,4)24-16-15-22-11-7-8-12-23(22)19-24/h7-16,19-20H,5-6,17-18H2,1-4H3. The number of carbonyl (C=O) groups excluding carboxylic acids is 1. The Kier molecular flexibility index (Phi) is 5.25. The molecule has 3 heterocycles. The Bertz CT molecular complexity index is 1620. The molecule has 0 saturated heterocycles. The van der Waals surface area contributed by atoms with Crippen LogP contribution in [0.1, 0.15) is 53.6 Å². The summed E-state index contributed by atoms with van der Waals surface area (Å²) < 4.78 is 4.29. The number of rotatable bonds is 4. The second-order valence-electron chi connectivity index (χ2n) is 9.91. The van der Waals surface area contributed by atoms with E-state index in [2.05, 4.69) is 96.4 Å². The average Bonchev–Trinajstić information content (AvgIpc) is 3.46. The Balaban J connectivity index is 1.58. The summed E-state index contributed by atoms with van der Waals surface area (Å²) in [6.45, 7) is 10.8. The van der Waals surface area contributed by atoms with Crippen molar-refractivity contribution in [2.24, 2.45) is 0 Å².